The summed E-state index contributed by atoms with van der Waals surface area (Å²) in [6, 6.07) is 7.50. The van der Waals surface area contributed by atoms with Crippen molar-refractivity contribution in [3.8, 4) is 0 Å². The van der Waals surface area contributed by atoms with Crippen LogP contribution in [0.25, 0.3) is 5.65 Å². The van der Waals surface area contributed by atoms with E-state index >= 15 is 0 Å². The first kappa shape index (κ1) is 14.3. The fourth-order valence-electron chi connectivity index (χ4n) is 2.51. The van der Waals surface area contributed by atoms with Crippen molar-refractivity contribution in [1.29, 1.82) is 0 Å². The van der Waals surface area contributed by atoms with Gasteiger partial charge in [-0.2, -0.15) is 0 Å². The van der Waals surface area contributed by atoms with Crippen LogP contribution in [0.3, 0.4) is 0 Å². The van der Waals surface area contributed by atoms with E-state index in [-0.39, 0.29) is 11.9 Å². The van der Waals surface area contributed by atoms with E-state index in [2.05, 4.69) is 15.3 Å². The Kier molecular flexibility index (Phi) is 3.87. The molecule has 0 aromatic carbocycles. The average molecular weight is 294 g/mol. The summed E-state index contributed by atoms with van der Waals surface area (Å²) in [6.07, 6.45) is 8.02. The summed E-state index contributed by atoms with van der Waals surface area (Å²) >= 11 is 0. The van der Waals surface area contributed by atoms with Crippen LogP contribution in [0.1, 0.15) is 41.0 Å². The lowest BCUT2D eigenvalue weighted by molar-refractivity contribution is 0.0935. The average Bonchev–Trinajstić information content (AvgIpc) is 2.92. The molecule has 3 aromatic heterocycles. The van der Waals surface area contributed by atoms with Crippen molar-refractivity contribution < 1.29 is 4.79 Å². The van der Waals surface area contributed by atoms with Gasteiger partial charge >= 0.3 is 0 Å². The first-order chi connectivity index (χ1) is 10.7. The Morgan fingerprint density at radius 2 is 2.00 bits per heavy atom. The van der Waals surface area contributed by atoms with E-state index in [9.17, 15) is 4.79 Å². The van der Waals surface area contributed by atoms with Crippen LogP contribution in [0.4, 0.5) is 0 Å². The van der Waals surface area contributed by atoms with Gasteiger partial charge in [0.05, 0.1) is 17.3 Å². The zero-order chi connectivity index (χ0) is 15.5. The van der Waals surface area contributed by atoms with Crippen molar-refractivity contribution in [2.45, 2.75) is 26.3 Å². The summed E-state index contributed by atoms with van der Waals surface area (Å²) in [5, 5.41) is 3.07. The number of hydrogen-bond acceptors (Lipinski definition) is 3. The molecule has 0 aliphatic carbocycles. The Morgan fingerprint density at radius 1 is 1.23 bits per heavy atom. The molecule has 1 amide bonds. The highest BCUT2D eigenvalue weighted by Gasteiger charge is 2.14. The Balaban J connectivity index is 1.82. The summed E-state index contributed by atoms with van der Waals surface area (Å²) < 4.78 is 1.87. The van der Waals surface area contributed by atoms with Crippen LogP contribution in [0.15, 0.2) is 49.1 Å². The molecule has 0 saturated heterocycles. The number of hydrogen-bond donors (Lipinski definition) is 1. The standard InChI is InChI=1S/C17H18N4O/c1-3-15(13-6-8-18-9-7-13)20-17(22)14-4-5-16-19-12(2)10-21(16)11-14/h4-11,15H,3H2,1-2H3,(H,20,22). The van der Waals surface area contributed by atoms with Gasteiger partial charge in [0.2, 0.25) is 0 Å². The Hall–Kier alpha value is -2.69. The summed E-state index contributed by atoms with van der Waals surface area (Å²) in [5.41, 5.74) is 3.46. The molecule has 0 saturated carbocycles. The van der Waals surface area contributed by atoms with E-state index in [0.29, 0.717) is 5.56 Å². The molecule has 0 aliphatic rings. The minimum Gasteiger partial charge on any atom is -0.345 e. The number of nitrogens with zero attached hydrogens (tertiary/aromatic N) is 3. The van der Waals surface area contributed by atoms with E-state index in [4.69, 9.17) is 0 Å². The summed E-state index contributed by atoms with van der Waals surface area (Å²) in [7, 11) is 0. The zero-order valence-electron chi connectivity index (χ0n) is 12.7. The third-order valence-corrected chi connectivity index (χ3v) is 3.66. The highest BCUT2D eigenvalue weighted by atomic mass is 16.1. The Morgan fingerprint density at radius 3 is 2.73 bits per heavy atom. The van der Waals surface area contributed by atoms with Gasteiger partial charge in [-0.1, -0.05) is 6.92 Å². The van der Waals surface area contributed by atoms with Gasteiger partial charge in [0.1, 0.15) is 5.65 Å². The largest absolute Gasteiger partial charge is 0.345 e. The van der Waals surface area contributed by atoms with Gasteiger partial charge in [0, 0.05) is 24.8 Å². The minimum absolute atomic E-state index is 0.0179. The van der Waals surface area contributed by atoms with Crippen molar-refractivity contribution in [2.75, 3.05) is 0 Å². The molecule has 5 nitrogen and oxygen atoms in total. The fourth-order valence-corrected chi connectivity index (χ4v) is 2.51. The van der Waals surface area contributed by atoms with Crippen LogP contribution in [0.2, 0.25) is 0 Å². The number of pyridine rings is 2. The number of aromatic nitrogens is 3. The molecule has 22 heavy (non-hydrogen) atoms. The predicted molar refractivity (Wildman–Crippen MR) is 84.7 cm³/mol. The first-order valence-electron chi connectivity index (χ1n) is 7.33. The number of fused-ring (bicyclic) bond motifs is 1. The van der Waals surface area contributed by atoms with Gasteiger partial charge in [-0.05, 0) is 43.2 Å². The maximum Gasteiger partial charge on any atom is 0.253 e. The minimum atomic E-state index is -0.0862. The third-order valence-electron chi connectivity index (χ3n) is 3.66. The second-order valence-corrected chi connectivity index (χ2v) is 5.28. The molecule has 112 valence electrons. The monoisotopic (exact) mass is 294 g/mol. The van der Waals surface area contributed by atoms with E-state index < -0.39 is 0 Å². The zero-order valence-corrected chi connectivity index (χ0v) is 12.7. The molecular formula is C17H18N4O. The normalized spacial score (nSPS) is 12.3. The molecule has 3 aromatic rings. The van der Waals surface area contributed by atoms with Gasteiger partial charge < -0.3 is 9.72 Å². The van der Waals surface area contributed by atoms with Crippen LogP contribution in [-0.4, -0.2) is 20.3 Å². The Bertz CT molecular complexity index is 795. The lowest BCUT2D eigenvalue weighted by atomic mass is 10.1. The number of rotatable bonds is 4. The van der Waals surface area contributed by atoms with Crippen molar-refractivity contribution in [2.24, 2.45) is 0 Å². The molecule has 0 spiro atoms. The molecule has 1 unspecified atom stereocenters. The van der Waals surface area contributed by atoms with Gasteiger partial charge in [-0.15, -0.1) is 0 Å². The molecule has 5 heteroatoms. The molecule has 1 atom stereocenters. The smallest absolute Gasteiger partial charge is 0.253 e. The number of imidazole rings is 1. The van der Waals surface area contributed by atoms with Crippen LogP contribution in [0.5, 0.6) is 0 Å². The van der Waals surface area contributed by atoms with Gasteiger partial charge in [-0.3, -0.25) is 9.78 Å². The topological polar surface area (TPSA) is 59.3 Å². The highest BCUT2D eigenvalue weighted by Crippen LogP contribution is 2.16. The van der Waals surface area contributed by atoms with Gasteiger partial charge in [0.15, 0.2) is 0 Å². The van der Waals surface area contributed by atoms with Gasteiger partial charge in [-0.25, -0.2) is 4.98 Å². The molecule has 1 N–H and O–H groups in total. The maximum absolute atomic E-state index is 12.5. The van der Waals surface area contributed by atoms with E-state index in [1.165, 1.54) is 0 Å². The molecule has 3 rings (SSSR count). The quantitative estimate of drug-likeness (QED) is 0.805. The lowest BCUT2D eigenvalue weighted by Crippen LogP contribution is -2.28. The van der Waals surface area contributed by atoms with Crippen LogP contribution in [0, 0.1) is 6.92 Å². The number of carbonyl (C=O) groups is 1. The molecule has 3 heterocycles. The fraction of sp³-hybridized carbons (Fsp3) is 0.235. The molecular weight excluding hydrogens is 276 g/mol. The Labute approximate surface area is 129 Å². The predicted octanol–water partition coefficient (Wildman–Crippen LogP) is 2.92. The maximum atomic E-state index is 12.5. The summed E-state index contributed by atoms with van der Waals surface area (Å²) in [6.45, 7) is 3.98. The van der Waals surface area contributed by atoms with E-state index in [1.807, 2.05) is 48.8 Å². The molecule has 0 aliphatic heterocycles. The van der Waals surface area contributed by atoms with Crippen molar-refractivity contribution in [1.82, 2.24) is 19.7 Å². The number of amides is 1. The SMILES string of the molecule is CCC(NC(=O)c1ccc2nc(C)cn2c1)c1ccncc1. The van der Waals surface area contributed by atoms with Crippen molar-refractivity contribution in [3.63, 3.8) is 0 Å². The highest BCUT2D eigenvalue weighted by molar-refractivity contribution is 5.94. The van der Waals surface area contributed by atoms with Crippen molar-refractivity contribution in [3.05, 3.63) is 65.9 Å². The van der Waals surface area contributed by atoms with E-state index in [1.54, 1.807) is 18.5 Å². The third kappa shape index (κ3) is 2.83. The van der Waals surface area contributed by atoms with Crippen molar-refractivity contribution >= 4 is 11.6 Å². The summed E-state index contributed by atoms with van der Waals surface area (Å²) in [4.78, 5) is 20.9. The number of aryl methyl sites for hydroxylation is 1. The first-order valence-corrected chi connectivity index (χ1v) is 7.33. The number of nitrogens with one attached hydrogen (secondary N) is 1. The molecule has 0 bridgehead atoms. The second kappa shape index (κ2) is 5.97. The summed E-state index contributed by atoms with van der Waals surface area (Å²) in [5.74, 6) is -0.0862. The molecule has 0 radical (unpaired) electrons. The molecule has 0 fully saturated rings. The van der Waals surface area contributed by atoms with Crippen LogP contribution < -0.4 is 5.32 Å². The van der Waals surface area contributed by atoms with Crippen LogP contribution >= 0.6 is 0 Å². The van der Waals surface area contributed by atoms with Gasteiger partial charge in [0.25, 0.3) is 5.91 Å². The second-order valence-electron chi connectivity index (χ2n) is 5.28. The lowest BCUT2D eigenvalue weighted by Gasteiger charge is -2.17. The van der Waals surface area contributed by atoms with Crippen LogP contribution in [-0.2, 0) is 0 Å². The number of carbonyl (C=O) groups excluding carboxylic acids is 1. The van der Waals surface area contributed by atoms with E-state index in [0.717, 1.165) is 23.3 Å².